The molecule has 1 saturated carbocycles. The summed E-state index contributed by atoms with van der Waals surface area (Å²) in [7, 11) is 0. The van der Waals surface area contributed by atoms with E-state index in [0.717, 1.165) is 18.4 Å². The van der Waals surface area contributed by atoms with Gasteiger partial charge in [0.15, 0.2) is 0 Å². The molecule has 1 heterocycles. The molecule has 1 fully saturated rings. The van der Waals surface area contributed by atoms with Crippen LogP contribution in [-0.4, -0.2) is 32.8 Å². The molecule has 6 nitrogen and oxygen atoms in total. The molecule has 3 rings (SSSR count). The summed E-state index contributed by atoms with van der Waals surface area (Å²) in [5, 5.41) is 13.2. The predicted octanol–water partition coefficient (Wildman–Crippen LogP) is 3.73. The standard InChI is InChI=1S/C16H17N3O3S/c1-10(2)18(12-7-8-12)16(20)14-9-23-15(17-14)11-3-5-13(6-4-11)19(21)22/h3-6,9-10,12H,7-8H2,1-2H3. The number of amides is 1. The van der Waals surface area contributed by atoms with Gasteiger partial charge in [0.25, 0.3) is 11.6 Å². The van der Waals surface area contributed by atoms with Crippen molar-refractivity contribution in [2.75, 3.05) is 0 Å². The Hall–Kier alpha value is -2.28. The van der Waals surface area contributed by atoms with E-state index in [0.29, 0.717) is 16.7 Å². The minimum atomic E-state index is -0.434. The normalized spacial score (nSPS) is 14.0. The molecule has 0 atom stereocenters. The van der Waals surface area contributed by atoms with E-state index < -0.39 is 4.92 Å². The highest BCUT2D eigenvalue weighted by Crippen LogP contribution is 2.31. The number of carbonyl (C=O) groups excluding carboxylic acids is 1. The van der Waals surface area contributed by atoms with E-state index in [-0.39, 0.29) is 17.6 Å². The molecule has 7 heteroatoms. The molecule has 1 aromatic carbocycles. The van der Waals surface area contributed by atoms with Gasteiger partial charge >= 0.3 is 0 Å². The van der Waals surface area contributed by atoms with Gasteiger partial charge in [-0.3, -0.25) is 14.9 Å². The number of thiazole rings is 1. The Morgan fingerprint density at radius 2 is 2.00 bits per heavy atom. The summed E-state index contributed by atoms with van der Waals surface area (Å²) in [6.07, 6.45) is 2.12. The third-order valence-electron chi connectivity index (χ3n) is 3.78. The van der Waals surface area contributed by atoms with Crippen molar-refractivity contribution >= 4 is 22.9 Å². The molecule has 0 spiro atoms. The maximum absolute atomic E-state index is 12.6. The summed E-state index contributed by atoms with van der Waals surface area (Å²) in [6.45, 7) is 4.03. The lowest BCUT2D eigenvalue weighted by atomic mass is 10.2. The van der Waals surface area contributed by atoms with E-state index in [9.17, 15) is 14.9 Å². The fourth-order valence-corrected chi connectivity index (χ4v) is 3.34. The fraction of sp³-hybridized carbons (Fsp3) is 0.375. The number of non-ortho nitro benzene ring substituents is 1. The van der Waals surface area contributed by atoms with Crippen molar-refractivity contribution in [1.82, 2.24) is 9.88 Å². The number of aromatic nitrogens is 1. The van der Waals surface area contributed by atoms with Gasteiger partial charge < -0.3 is 4.90 Å². The Morgan fingerprint density at radius 1 is 1.35 bits per heavy atom. The van der Waals surface area contributed by atoms with Crippen LogP contribution >= 0.6 is 11.3 Å². The summed E-state index contributed by atoms with van der Waals surface area (Å²) < 4.78 is 0. The topological polar surface area (TPSA) is 76.3 Å². The molecule has 0 aliphatic heterocycles. The highest BCUT2D eigenvalue weighted by atomic mass is 32.1. The van der Waals surface area contributed by atoms with Crippen molar-refractivity contribution in [2.45, 2.75) is 38.8 Å². The van der Waals surface area contributed by atoms with Crippen LogP contribution in [0.2, 0.25) is 0 Å². The molecular weight excluding hydrogens is 314 g/mol. The maximum atomic E-state index is 12.6. The third kappa shape index (κ3) is 3.24. The fourth-order valence-electron chi connectivity index (χ4n) is 2.54. The smallest absolute Gasteiger partial charge is 0.273 e. The first kappa shape index (κ1) is 15.6. The Balaban J connectivity index is 1.82. The monoisotopic (exact) mass is 331 g/mol. The van der Waals surface area contributed by atoms with Crippen LogP contribution in [0, 0.1) is 10.1 Å². The van der Waals surface area contributed by atoms with E-state index in [1.165, 1.54) is 23.5 Å². The zero-order chi connectivity index (χ0) is 16.6. The Bertz CT molecular complexity index is 733. The molecule has 0 bridgehead atoms. The molecule has 0 radical (unpaired) electrons. The zero-order valence-electron chi connectivity index (χ0n) is 12.9. The highest BCUT2D eigenvalue weighted by molar-refractivity contribution is 7.13. The molecule has 1 aliphatic carbocycles. The average molecular weight is 331 g/mol. The number of hydrogen-bond donors (Lipinski definition) is 0. The van der Waals surface area contributed by atoms with Crippen molar-refractivity contribution in [1.29, 1.82) is 0 Å². The number of carbonyl (C=O) groups is 1. The van der Waals surface area contributed by atoms with Crippen LogP contribution in [0.4, 0.5) is 5.69 Å². The van der Waals surface area contributed by atoms with Gasteiger partial charge in [-0.15, -0.1) is 11.3 Å². The van der Waals surface area contributed by atoms with Crippen molar-refractivity contribution in [3.05, 3.63) is 45.5 Å². The molecule has 0 saturated heterocycles. The Kier molecular flexibility index (Phi) is 4.12. The van der Waals surface area contributed by atoms with Crippen LogP contribution in [0.15, 0.2) is 29.6 Å². The molecule has 2 aromatic rings. The van der Waals surface area contributed by atoms with Crippen molar-refractivity contribution in [3.63, 3.8) is 0 Å². The molecule has 1 amide bonds. The number of benzene rings is 1. The van der Waals surface area contributed by atoms with Crippen LogP contribution < -0.4 is 0 Å². The van der Waals surface area contributed by atoms with Crippen molar-refractivity contribution < 1.29 is 9.72 Å². The largest absolute Gasteiger partial charge is 0.332 e. The first-order valence-corrected chi connectivity index (χ1v) is 8.38. The van der Waals surface area contributed by atoms with Gasteiger partial charge in [0.05, 0.1) is 4.92 Å². The highest BCUT2D eigenvalue weighted by Gasteiger charge is 2.35. The summed E-state index contributed by atoms with van der Waals surface area (Å²) >= 11 is 1.38. The van der Waals surface area contributed by atoms with Gasteiger partial charge in [-0.1, -0.05) is 0 Å². The lowest BCUT2D eigenvalue weighted by Gasteiger charge is -2.25. The number of nitro benzene ring substituents is 1. The lowest BCUT2D eigenvalue weighted by Crippen LogP contribution is -2.38. The van der Waals surface area contributed by atoms with Gasteiger partial charge in [0.1, 0.15) is 10.7 Å². The number of rotatable bonds is 5. The number of nitrogens with zero attached hydrogens (tertiary/aromatic N) is 3. The van der Waals surface area contributed by atoms with Crippen LogP contribution in [0.5, 0.6) is 0 Å². The van der Waals surface area contributed by atoms with Crippen LogP contribution in [-0.2, 0) is 0 Å². The van der Waals surface area contributed by atoms with E-state index in [4.69, 9.17) is 0 Å². The van der Waals surface area contributed by atoms with E-state index in [1.54, 1.807) is 17.5 Å². The summed E-state index contributed by atoms with van der Waals surface area (Å²) in [6, 6.07) is 6.70. The molecule has 23 heavy (non-hydrogen) atoms. The Labute approximate surface area is 137 Å². The SMILES string of the molecule is CC(C)N(C(=O)c1csc(-c2ccc([N+](=O)[O-])cc2)n1)C1CC1. The molecule has 0 unspecified atom stereocenters. The first-order chi connectivity index (χ1) is 11.0. The van der Waals surface area contributed by atoms with E-state index in [2.05, 4.69) is 4.98 Å². The van der Waals surface area contributed by atoms with Crippen LogP contribution in [0.1, 0.15) is 37.2 Å². The lowest BCUT2D eigenvalue weighted by molar-refractivity contribution is -0.384. The first-order valence-electron chi connectivity index (χ1n) is 7.50. The van der Waals surface area contributed by atoms with Crippen molar-refractivity contribution in [3.8, 4) is 10.6 Å². The molecule has 120 valence electrons. The van der Waals surface area contributed by atoms with E-state index >= 15 is 0 Å². The minimum Gasteiger partial charge on any atom is -0.332 e. The zero-order valence-corrected chi connectivity index (χ0v) is 13.7. The summed E-state index contributed by atoms with van der Waals surface area (Å²) in [5.74, 6) is -0.0353. The average Bonchev–Trinajstić information content (AvgIpc) is 3.21. The molecule has 1 aromatic heterocycles. The second kappa shape index (κ2) is 6.08. The summed E-state index contributed by atoms with van der Waals surface area (Å²) in [4.78, 5) is 29.2. The number of nitro groups is 1. The Morgan fingerprint density at radius 3 is 2.52 bits per heavy atom. The van der Waals surface area contributed by atoms with Crippen LogP contribution in [0.3, 0.4) is 0 Å². The van der Waals surface area contributed by atoms with Gasteiger partial charge in [-0.05, 0) is 38.8 Å². The molecule has 1 aliphatic rings. The second-order valence-corrected chi connectivity index (χ2v) is 6.74. The predicted molar refractivity (Wildman–Crippen MR) is 88.5 cm³/mol. The van der Waals surface area contributed by atoms with E-state index in [1.807, 2.05) is 18.7 Å². The van der Waals surface area contributed by atoms with Gasteiger partial charge in [0, 0.05) is 35.2 Å². The van der Waals surface area contributed by atoms with Crippen molar-refractivity contribution in [2.24, 2.45) is 0 Å². The minimum absolute atomic E-state index is 0.0353. The van der Waals surface area contributed by atoms with Crippen LogP contribution in [0.25, 0.3) is 10.6 Å². The molecule has 0 N–H and O–H groups in total. The van der Waals surface area contributed by atoms with Gasteiger partial charge in [-0.2, -0.15) is 0 Å². The summed E-state index contributed by atoms with van der Waals surface area (Å²) in [5.41, 5.74) is 1.27. The quantitative estimate of drug-likeness (QED) is 0.618. The number of hydrogen-bond acceptors (Lipinski definition) is 5. The third-order valence-corrected chi connectivity index (χ3v) is 4.67. The van der Waals surface area contributed by atoms with Gasteiger partial charge in [-0.25, -0.2) is 4.98 Å². The molecular formula is C16H17N3O3S. The maximum Gasteiger partial charge on any atom is 0.273 e. The second-order valence-electron chi connectivity index (χ2n) is 5.88. The van der Waals surface area contributed by atoms with Gasteiger partial charge in [0.2, 0.25) is 0 Å².